The summed E-state index contributed by atoms with van der Waals surface area (Å²) in [5, 5.41) is 5.74. The van der Waals surface area contributed by atoms with Gasteiger partial charge in [0, 0.05) is 86.6 Å². The molecule has 12 nitrogen and oxygen atoms in total. The van der Waals surface area contributed by atoms with Crippen LogP contribution in [0.4, 0.5) is 41.9 Å². The zero-order valence-electron chi connectivity index (χ0n) is 32.0. The van der Waals surface area contributed by atoms with E-state index >= 15 is 0 Å². The summed E-state index contributed by atoms with van der Waals surface area (Å²) >= 11 is 1.61. The maximum absolute atomic E-state index is 14.7. The Labute approximate surface area is 332 Å². The first-order valence-corrected chi connectivity index (χ1v) is 20.2. The van der Waals surface area contributed by atoms with Gasteiger partial charge in [0.2, 0.25) is 5.91 Å². The maximum atomic E-state index is 14.7. The number of anilines is 5. The third-order valence-electron chi connectivity index (χ3n) is 11.6. The van der Waals surface area contributed by atoms with Crippen LogP contribution < -0.4 is 26.0 Å². The molecule has 1 atom stereocenters. The van der Waals surface area contributed by atoms with Crippen LogP contribution in [-0.2, 0) is 35.8 Å². The van der Waals surface area contributed by atoms with Gasteiger partial charge >= 0.3 is 6.18 Å². The molecule has 1 aliphatic carbocycles. The number of carbonyl (C=O) groups excluding carboxylic acids is 2. The van der Waals surface area contributed by atoms with Crippen LogP contribution in [0.25, 0.3) is 11.3 Å². The molecule has 6 heterocycles. The second-order valence-electron chi connectivity index (χ2n) is 15.1. The minimum absolute atomic E-state index is 0.0116. The van der Waals surface area contributed by atoms with Crippen LogP contribution in [0.3, 0.4) is 0 Å². The second kappa shape index (κ2) is 15.7. The smallest absolute Gasteiger partial charge is 0.381 e. The number of hydrogen-bond acceptors (Lipinski definition) is 10. The van der Waals surface area contributed by atoms with Crippen LogP contribution in [0.15, 0.2) is 54.1 Å². The number of piperazine rings is 1. The van der Waals surface area contributed by atoms with E-state index in [0.717, 1.165) is 48.6 Å². The number of pyridine rings is 1. The van der Waals surface area contributed by atoms with Gasteiger partial charge in [0.05, 0.1) is 21.9 Å². The molecule has 2 amide bonds. The summed E-state index contributed by atoms with van der Waals surface area (Å²) in [7, 11) is 1.60. The molecule has 4 aliphatic rings. The third-order valence-corrected chi connectivity index (χ3v) is 12.9. The highest BCUT2D eigenvalue weighted by atomic mass is 32.1. The molecular weight excluding hydrogens is 758 g/mol. The monoisotopic (exact) mass is 802 g/mol. The molecule has 2 saturated heterocycles. The Hall–Kier alpha value is -5.06. The van der Waals surface area contributed by atoms with Gasteiger partial charge in [0.25, 0.3) is 11.5 Å². The highest BCUT2D eigenvalue weighted by molar-refractivity contribution is 7.14. The molecular formula is C41H45F3N8O4S. The Morgan fingerprint density at radius 2 is 1.84 bits per heavy atom. The lowest BCUT2D eigenvalue weighted by Crippen LogP contribution is -2.61. The molecule has 0 bridgehead atoms. The van der Waals surface area contributed by atoms with Crippen LogP contribution in [0, 0.1) is 6.92 Å². The summed E-state index contributed by atoms with van der Waals surface area (Å²) in [5.41, 5.74) is 4.60. The summed E-state index contributed by atoms with van der Waals surface area (Å²) in [5.74, 6) is -0.157. The van der Waals surface area contributed by atoms with Gasteiger partial charge in [-0.25, -0.2) is 9.97 Å². The topological polar surface area (TPSA) is 125 Å². The zero-order valence-corrected chi connectivity index (χ0v) is 32.8. The lowest BCUT2D eigenvalue weighted by Gasteiger charge is -2.47. The molecule has 8 rings (SSSR count). The predicted molar refractivity (Wildman–Crippen MR) is 215 cm³/mol. The highest BCUT2D eigenvalue weighted by Gasteiger charge is 2.48. The van der Waals surface area contributed by atoms with Gasteiger partial charge in [-0.05, 0) is 93.3 Å². The first kappa shape index (κ1) is 38.8. The van der Waals surface area contributed by atoms with Crippen LogP contribution in [0.5, 0.6) is 0 Å². The number of hydrogen-bond donors (Lipinski definition) is 2. The number of thiophene rings is 1. The Morgan fingerprint density at radius 1 is 1.05 bits per heavy atom. The molecule has 3 aromatic heterocycles. The van der Waals surface area contributed by atoms with Crippen molar-refractivity contribution in [2.45, 2.75) is 70.1 Å². The summed E-state index contributed by atoms with van der Waals surface area (Å²) < 4.78 is 51.0. The van der Waals surface area contributed by atoms with E-state index in [1.54, 1.807) is 47.8 Å². The first-order valence-electron chi connectivity index (χ1n) is 19.4. The van der Waals surface area contributed by atoms with E-state index in [9.17, 15) is 27.6 Å². The number of fused-ring (bicyclic) bond motifs is 3. The normalized spacial score (nSPS) is 19.2. The Balaban J connectivity index is 1.08. The number of alkyl halides is 3. The highest BCUT2D eigenvalue weighted by Crippen LogP contribution is 2.41. The SMILES string of the molecule is C=CC(=O)Nc1cc(Nc2nc(-c3ccnc(N4CCc5c(sc6c5CCCC6)C4=O)c3C)cn(C)c2=O)ccc1N1CCN(C2CCOCC2)C[C@H]1C(F)(F)F. The van der Waals surface area contributed by atoms with Crippen molar-refractivity contribution in [1.29, 1.82) is 0 Å². The number of nitrogens with one attached hydrogen (secondary N) is 2. The molecule has 4 aromatic rings. The maximum Gasteiger partial charge on any atom is 0.409 e. The van der Waals surface area contributed by atoms with Crippen molar-refractivity contribution in [3.05, 3.63) is 86.1 Å². The summed E-state index contributed by atoms with van der Waals surface area (Å²) in [6.07, 6.45) is 6.20. The summed E-state index contributed by atoms with van der Waals surface area (Å²) in [6.45, 7) is 7.24. The van der Waals surface area contributed by atoms with Gasteiger partial charge in [0.15, 0.2) is 5.82 Å². The molecule has 0 saturated carbocycles. The van der Waals surface area contributed by atoms with Crippen molar-refractivity contribution in [2.24, 2.45) is 7.05 Å². The van der Waals surface area contributed by atoms with E-state index in [1.807, 2.05) is 11.8 Å². The van der Waals surface area contributed by atoms with Crippen molar-refractivity contribution in [2.75, 3.05) is 59.8 Å². The average molecular weight is 803 g/mol. The van der Waals surface area contributed by atoms with Gasteiger partial charge in [-0.1, -0.05) is 6.58 Å². The van der Waals surface area contributed by atoms with Gasteiger partial charge in [-0.2, -0.15) is 13.2 Å². The lowest BCUT2D eigenvalue weighted by atomic mass is 9.92. The van der Waals surface area contributed by atoms with Crippen LogP contribution >= 0.6 is 11.3 Å². The van der Waals surface area contributed by atoms with Crippen molar-refractivity contribution in [3.8, 4) is 11.3 Å². The predicted octanol–water partition coefficient (Wildman–Crippen LogP) is 6.39. The third kappa shape index (κ3) is 7.57. The Bertz CT molecular complexity index is 2280. The van der Waals surface area contributed by atoms with Gasteiger partial charge in [-0.3, -0.25) is 24.2 Å². The van der Waals surface area contributed by atoms with Crippen LogP contribution in [-0.4, -0.2) is 88.9 Å². The largest absolute Gasteiger partial charge is 0.409 e. The number of ether oxygens (including phenoxy) is 1. The van der Waals surface area contributed by atoms with Crippen LogP contribution in [0.2, 0.25) is 0 Å². The van der Waals surface area contributed by atoms with Crippen molar-refractivity contribution in [1.82, 2.24) is 19.4 Å². The fourth-order valence-corrected chi connectivity index (χ4v) is 10.0. The number of rotatable bonds is 8. The Morgan fingerprint density at radius 3 is 2.61 bits per heavy atom. The van der Waals surface area contributed by atoms with Gasteiger partial charge in [-0.15, -0.1) is 11.3 Å². The molecule has 57 heavy (non-hydrogen) atoms. The van der Waals surface area contributed by atoms with Crippen molar-refractivity contribution >= 4 is 51.8 Å². The number of benzene rings is 1. The molecule has 16 heteroatoms. The number of nitrogens with zero attached hydrogens (tertiary/aromatic N) is 6. The molecule has 0 unspecified atom stereocenters. The van der Waals surface area contributed by atoms with E-state index < -0.39 is 23.7 Å². The number of carbonyl (C=O) groups is 2. The molecule has 1 aromatic carbocycles. The van der Waals surface area contributed by atoms with Crippen molar-refractivity contribution in [3.63, 3.8) is 0 Å². The fraction of sp³-hybridized carbons (Fsp3) is 0.439. The minimum atomic E-state index is -4.55. The first-order chi connectivity index (χ1) is 27.4. The van der Waals surface area contributed by atoms with Crippen LogP contribution in [0.1, 0.15) is 56.9 Å². The lowest BCUT2D eigenvalue weighted by molar-refractivity contribution is -0.159. The van der Waals surface area contributed by atoms with E-state index in [0.29, 0.717) is 61.9 Å². The molecule has 0 radical (unpaired) electrons. The van der Waals surface area contributed by atoms with Gasteiger partial charge in [0.1, 0.15) is 11.9 Å². The molecule has 3 aliphatic heterocycles. The number of amides is 2. The molecule has 300 valence electrons. The quantitative estimate of drug-likeness (QED) is 0.195. The molecule has 2 fully saturated rings. The van der Waals surface area contributed by atoms with E-state index in [4.69, 9.17) is 9.72 Å². The fourth-order valence-electron chi connectivity index (χ4n) is 8.65. The molecule has 0 spiro atoms. The molecule has 2 N–H and O–H groups in total. The average Bonchev–Trinajstić information content (AvgIpc) is 3.59. The zero-order chi connectivity index (χ0) is 40.0. The van der Waals surface area contributed by atoms with Gasteiger partial charge < -0.3 is 24.8 Å². The van der Waals surface area contributed by atoms with E-state index in [-0.39, 0.29) is 42.2 Å². The summed E-state index contributed by atoms with van der Waals surface area (Å²) in [6, 6.07) is 4.57. The summed E-state index contributed by atoms with van der Waals surface area (Å²) in [4.78, 5) is 56.4. The van der Waals surface area contributed by atoms with E-state index in [2.05, 4.69) is 22.2 Å². The Kier molecular flexibility index (Phi) is 10.7. The number of halogens is 3. The number of aryl methyl sites for hydroxylation is 2. The second-order valence-corrected chi connectivity index (χ2v) is 16.2. The van der Waals surface area contributed by atoms with Crippen molar-refractivity contribution < 1.29 is 27.5 Å². The number of aromatic nitrogens is 3. The standard InChI is InChI=1S/C41H45F3N8O4S/c1-4-35(53)47-30-21-25(9-10-32(30)51-18-17-50(23-34(51)41(42,43)44)26-13-19-56-20-14-26)46-37-40(55)49(3)22-31(48-37)27-11-15-45-38(24(27)2)52-16-12-29-28-7-5-6-8-33(28)57-36(29)39(52)54/h4,9-11,15,21-22,26,34H,1,5-8,12-14,16-20,23H2,2-3H3,(H,46,48)(H,47,53)/t34-/m0/s1. The van der Waals surface area contributed by atoms with E-state index in [1.165, 1.54) is 37.6 Å². The minimum Gasteiger partial charge on any atom is -0.381 e.